The van der Waals surface area contributed by atoms with Crippen molar-refractivity contribution in [3.63, 3.8) is 0 Å². The number of aromatic nitrogens is 2. The summed E-state index contributed by atoms with van der Waals surface area (Å²) >= 11 is 0. The Kier molecular flexibility index (Phi) is 6.31. The molecule has 52 heavy (non-hydrogen) atoms. The summed E-state index contributed by atoms with van der Waals surface area (Å²) in [4.78, 5) is 0. The number of rotatable bonds is 4. The maximum absolute atomic E-state index is 6.71. The molecule has 244 valence electrons. The van der Waals surface area contributed by atoms with E-state index in [-0.39, 0.29) is 0 Å². The van der Waals surface area contributed by atoms with Crippen LogP contribution in [-0.2, 0) is 6.42 Å². The molecule has 3 aromatic heterocycles. The van der Waals surface area contributed by atoms with E-state index in [0.29, 0.717) is 0 Å². The number of fused-ring (bicyclic) bond motifs is 9. The minimum Gasteiger partial charge on any atom is -0.454 e. The lowest BCUT2D eigenvalue weighted by molar-refractivity contribution is 0.666. The highest BCUT2D eigenvalue weighted by Gasteiger charge is 2.21. The Morgan fingerprint density at radius 1 is 0.442 bits per heavy atom. The SMILES string of the molecule is C1=CCc2c(n(-c3cccc4c3oc3ccc(-c5cccc(-c6ccc7c(c6)c6ccccc6n7-c6ccccc6)c5)cc34)c3ccccc23)C=C1. The van der Waals surface area contributed by atoms with Gasteiger partial charge in [-0.25, -0.2) is 0 Å². The Hall–Kier alpha value is -6.84. The fourth-order valence-electron chi connectivity index (χ4n) is 8.41. The molecule has 3 nitrogen and oxygen atoms in total. The predicted molar refractivity (Wildman–Crippen MR) is 218 cm³/mol. The van der Waals surface area contributed by atoms with Gasteiger partial charge < -0.3 is 13.6 Å². The predicted octanol–water partition coefficient (Wildman–Crippen LogP) is 13.1. The monoisotopic (exact) mass is 664 g/mol. The van der Waals surface area contributed by atoms with Gasteiger partial charge in [0.15, 0.2) is 5.58 Å². The summed E-state index contributed by atoms with van der Waals surface area (Å²) in [6.07, 6.45) is 9.64. The van der Waals surface area contributed by atoms with Crippen molar-refractivity contribution in [2.75, 3.05) is 0 Å². The fraction of sp³-hybridized carbons (Fsp3) is 0.0204. The molecule has 1 aliphatic carbocycles. The van der Waals surface area contributed by atoms with E-state index in [1.165, 1.54) is 71.9 Å². The van der Waals surface area contributed by atoms with Crippen LogP contribution in [0.4, 0.5) is 0 Å². The minimum atomic E-state index is 0.891. The molecule has 0 bridgehead atoms. The summed E-state index contributed by atoms with van der Waals surface area (Å²) in [5.74, 6) is 0. The van der Waals surface area contributed by atoms with Crippen LogP contribution in [0, 0.1) is 0 Å². The van der Waals surface area contributed by atoms with Crippen LogP contribution in [0.15, 0.2) is 180 Å². The number of allylic oxidation sites excluding steroid dienone is 3. The third-order valence-electron chi connectivity index (χ3n) is 10.8. The van der Waals surface area contributed by atoms with Crippen LogP contribution in [-0.4, -0.2) is 9.13 Å². The van der Waals surface area contributed by atoms with Crippen molar-refractivity contribution in [3.8, 4) is 33.6 Å². The quantitative estimate of drug-likeness (QED) is 0.184. The number of furan rings is 1. The highest BCUT2D eigenvalue weighted by atomic mass is 16.3. The van der Waals surface area contributed by atoms with E-state index in [9.17, 15) is 0 Å². The largest absolute Gasteiger partial charge is 0.454 e. The molecule has 0 aliphatic heterocycles. The molecule has 1 aliphatic rings. The van der Waals surface area contributed by atoms with Gasteiger partial charge >= 0.3 is 0 Å². The molecule has 0 fully saturated rings. The van der Waals surface area contributed by atoms with Gasteiger partial charge in [-0.3, -0.25) is 0 Å². The Balaban J connectivity index is 1.03. The van der Waals surface area contributed by atoms with Crippen LogP contribution in [0.3, 0.4) is 0 Å². The molecule has 0 atom stereocenters. The molecule has 0 saturated heterocycles. The maximum Gasteiger partial charge on any atom is 0.159 e. The zero-order valence-electron chi connectivity index (χ0n) is 28.3. The third-order valence-corrected chi connectivity index (χ3v) is 10.8. The van der Waals surface area contributed by atoms with Crippen molar-refractivity contribution >= 4 is 60.7 Å². The lowest BCUT2D eigenvalue weighted by atomic mass is 9.97. The number of nitrogens with zero attached hydrogens (tertiary/aromatic N) is 2. The molecule has 11 rings (SSSR count). The van der Waals surface area contributed by atoms with Gasteiger partial charge in [0.2, 0.25) is 0 Å². The van der Waals surface area contributed by atoms with Crippen LogP contribution in [0.25, 0.3) is 94.4 Å². The van der Waals surface area contributed by atoms with E-state index in [2.05, 4.69) is 191 Å². The van der Waals surface area contributed by atoms with E-state index >= 15 is 0 Å². The number of benzene rings is 7. The molecule has 3 heteroatoms. The second-order valence-corrected chi connectivity index (χ2v) is 13.7. The molecule has 0 saturated carbocycles. The maximum atomic E-state index is 6.71. The first-order chi connectivity index (χ1) is 25.8. The third kappa shape index (κ3) is 4.33. The Labute approximate surface area is 300 Å². The first-order valence-electron chi connectivity index (χ1n) is 17.9. The molecule has 7 aromatic carbocycles. The Bertz CT molecular complexity index is 3090. The smallest absolute Gasteiger partial charge is 0.159 e. The number of hydrogen-bond donors (Lipinski definition) is 0. The topological polar surface area (TPSA) is 23.0 Å². The number of hydrogen-bond acceptors (Lipinski definition) is 1. The van der Waals surface area contributed by atoms with Gasteiger partial charge in [0, 0.05) is 32.6 Å². The highest BCUT2D eigenvalue weighted by Crippen LogP contribution is 2.40. The standard InChI is InChI=1S/C49H32N2O/c1-3-15-36(16-4-1)50-43-22-9-8-19-39(43)41-30-34(25-27-46(41)50)32-13-11-14-33(29-32)35-26-28-48-42(31-35)40-20-12-24-47(49(40)52-48)51-44-21-6-2-5-17-37(44)38-18-7-10-23-45(38)51/h1-16,18-31H,17H2. The van der Waals surface area contributed by atoms with Crippen molar-refractivity contribution < 1.29 is 4.42 Å². The molecule has 0 amide bonds. The second-order valence-electron chi connectivity index (χ2n) is 13.7. The fourth-order valence-corrected chi connectivity index (χ4v) is 8.41. The molecule has 0 N–H and O–H groups in total. The Morgan fingerprint density at radius 3 is 1.94 bits per heavy atom. The number of para-hydroxylation sites is 4. The highest BCUT2D eigenvalue weighted by molar-refractivity contribution is 6.11. The van der Waals surface area contributed by atoms with Gasteiger partial charge in [0.1, 0.15) is 5.58 Å². The summed E-state index contributed by atoms with van der Waals surface area (Å²) in [6.45, 7) is 0. The summed E-state index contributed by atoms with van der Waals surface area (Å²) in [7, 11) is 0. The molecule has 10 aromatic rings. The lowest BCUT2D eigenvalue weighted by Gasteiger charge is -2.10. The van der Waals surface area contributed by atoms with E-state index in [4.69, 9.17) is 4.42 Å². The van der Waals surface area contributed by atoms with Gasteiger partial charge in [-0.05, 0) is 101 Å². The summed E-state index contributed by atoms with van der Waals surface area (Å²) < 4.78 is 11.4. The molecule has 0 unspecified atom stereocenters. The zero-order valence-corrected chi connectivity index (χ0v) is 28.3. The van der Waals surface area contributed by atoms with Gasteiger partial charge in [-0.15, -0.1) is 0 Å². The lowest BCUT2D eigenvalue weighted by Crippen LogP contribution is -1.98. The minimum absolute atomic E-state index is 0.891. The summed E-state index contributed by atoms with van der Waals surface area (Å²) in [6, 6.07) is 56.9. The average Bonchev–Trinajstić information content (AvgIpc) is 3.78. The van der Waals surface area contributed by atoms with Crippen LogP contribution in [0.5, 0.6) is 0 Å². The summed E-state index contributed by atoms with van der Waals surface area (Å²) in [5.41, 5.74) is 14.9. The van der Waals surface area contributed by atoms with Crippen molar-refractivity contribution in [1.82, 2.24) is 9.13 Å². The van der Waals surface area contributed by atoms with E-state index in [1.807, 2.05) is 0 Å². The second kappa shape index (κ2) is 11.3. The van der Waals surface area contributed by atoms with Crippen molar-refractivity contribution in [1.29, 1.82) is 0 Å². The van der Waals surface area contributed by atoms with E-state index in [1.54, 1.807) is 0 Å². The van der Waals surface area contributed by atoms with Crippen LogP contribution in [0.1, 0.15) is 11.3 Å². The van der Waals surface area contributed by atoms with Crippen molar-refractivity contribution in [2.45, 2.75) is 6.42 Å². The van der Waals surface area contributed by atoms with Crippen LogP contribution in [0.2, 0.25) is 0 Å². The van der Waals surface area contributed by atoms with Gasteiger partial charge in [0.05, 0.1) is 27.9 Å². The van der Waals surface area contributed by atoms with Gasteiger partial charge in [-0.1, -0.05) is 115 Å². The van der Waals surface area contributed by atoms with E-state index < -0.39 is 0 Å². The summed E-state index contributed by atoms with van der Waals surface area (Å²) in [5, 5.41) is 6.03. The van der Waals surface area contributed by atoms with Crippen molar-refractivity contribution in [3.05, 3.63) is 187 Å². The normalized spacial score (nSPS) is 12.8. The van der Waals surface area contributed by atoms with Crippen molar-refractivity contribution in [2.24, 2.45) is 0 Å². The van der Waals surface area contributed by atoms with Gasteiger partial charge in [-0.2, -0.15) is 0 Å². The molecular formula is C49H32N2O. The first kappa shape index (κ1) is 28.9. The van der Waals surface area contributed by atoms with Crippen LogP contribution >= 0.6 is 0 Å². The van der Waals surface area contributed by atoms with E-state index in [0.717, 1.165) is 34.0 Å². The Morgan fingerprint density at radius 2 is 1.10 bits per heavy atom. The average molecular weight is 665 g/mol. The first-order valence-corrected chi connectivity index (χ1v) is 17.9. The van der Waals surface area contributed by atoms with Gasteiger partial charge in [0.25, 0.3) is 0 Å². The molecule has 0 radical (unpaired) electrons. The molecule has 3 heterocycles. The molecule has 0 spiro atoms. The van der Waals surface area contributed by atoms with Crippen LogP contribution < -0.4 is 0 Å². The zero-order chi connectivity index (χ0) is 34.2. The molecular weight excluding hydrogens is 633 g/mol.